The van der Waals surface area contributed by atoms with Gasteiger partial charge in [0.25, 0.3) is 0 Å². The molecule has 0 saturated carbocycles. The Kier molecular flexibility index (Phi) is 4.64. The van der Waals surface area contributed by atoms with Crippen LogP contribution in [0.3, 0.4) is 0 Å². The topological polar surface area (TPSA) is 54.4 Å². The lowest BCUT2D eigenvalue weighted by molar-refractivity contribution is 0.143. The van der Waals surface area contributed by atoms with Crippen LogP contribution in [0, 0.1) is 11.8 Å². The van der Waals surface area contributed by atoms with E-state index in [0.717, 1.165) is 18.5 Å². The SMILES string of the molecule is CC(Oc1cncc(C#CC(C)(C)O)c1)C1CCCN1. The second-order valence-electron chi connectivity index (χ2n) is 5.74. The van der Waals surface area contributed by atoms with Crippen molar-refractivity contribution in [3.63, 3.8) is 0 Å². The van der Waals surface area contributed by atoms with Gasteiger partial charge in [0.1, 0.15) is 17.5 Å². The maximum absolute atomic E-state index is 9.60. The van der Waals surface area contributed by atoms with E-state index in [4.69, 9.17) is 4.74 Å². The predicted octanol–water partition coefficient (Wildman–Crippen LogP) is 1.72. The first kappa shape index (κ1) is 14.8. The first-order chi connectivity index (χ1) is 9.44. The van der Waals surface area contributed by atoms with Crippen LogP contribution in [-0.2, 0) is 0 Å². The second-order valence-corrected chi connectivity index (χ2v) is 5.74. The normalized spacial score (nSPS) is 20.1. The number of nitrogens with one attached hydrogen (secondary N) is 1. The van der Waals surface area contributed by atoms with E-state index in [9.17, 15) is 5.11 Å². The zero-order chi connectivity index (χ0) is 14.6. The average molecular weight is 274 g/mol. The lowest BCUT2D eigenvalue weighted by Crippen LogP contribution is -2.36. The van der Waals surface area contributed by atoms with Gasteiger partial charge in [0.2, 0.25) is 0 Å². The number of aromatic nitrogens is 1. The summed E-state index contributed by atoms with van der Waals surface area (Å²) < 4.78 is 5.92. The van der Waals surface area contributed by atoms with Crippen molar-refractivity contribution in [3.8, 4) is 17.6 Å². The van der Waals surface area contributed by atoms with Gasteiger partial charge >= 0.3 is 0 Å². The number of pyridine rings is 1. The van der Waals surface area contributed by atoms with Crippen molar-refractivity contribution in [1.82, 2.24) is 10.3 Å². The van der Waals surface area contributed by atoms with Crippen molar-refractivity contribution in [2.24, 2.45) is 0 Å². The third-order valence-corrected chi connectivity index (χ3v) is 3.21. The van der Waals surface area contributed by atoms with Gasteiger partial charge in [-0.3, -0.25) is 4.98 Å². The Morgan fingerprint density at radius 2 is 2.30 bits per heavy atom. The van der Waals surface area contributed by atoms with Gasteiger partial charge in [0.15, 0.2) is 0 Å². The number of rotatable bonds is 3. The van der Waals surface area contributed by atoms with Crippen molar-refractivity contribution in [1.29, 1.82) is 0 Å². The molecule has 1 aromatic heterocycles. The first-order valence-corrected chi connectivity index (χ1v) is 7.05. The van der Waals surface area contributed by atoms with Crippen LogP contribution in [0.1, 0.15) is 39.2 Å². The molecule has 2 N–H and O–H groups in total. The smallest absolute Gasteiger partial charge is 0.139 e. The highest BCUT2D eigenvalue weighted by molar-refractivity contribution is 5.38. The van der Waals surface area contributed by atoms with Crippen molar-refractivity contribution in [2.45, 2.75) is 51.4 Å². The first-order valence-electron chi connectivity index (χ1n) is 7.05. The molecule has 1 fully saturated rings. The predicted molar refractivity (Wildman–Crippen MR) is 78.5 cm³/mol. The molecule has 4 heteroatoms. The van der Waals surface area contributed by atoms with Crippen LogP contribution >= 0.6 is 0 Å². The highest BCUT2D eigenvalue weighted by Gasteiger charge is 2.22. The molecule has 2 heterocycles. The van der Waals surface area contributed by atoms with Crippen LogP contribution in [-0.4, -0.2) is 34.4 Å². The summed E-state index contributed by atoms with van der Waals surface area (Å²) in [6, 6.07) is 2.26. The van der Waals surface area contributed by atoms with Gasteiger partial charge in [-0.25, -0.2) is 0 Å². The van der Waals surface area contributed by atoms with Crippen LogP contribution in [0.15, 0.2) is 18.5 Å². The van der Waals surface area contributed by atoms with E-state index in [1.807, 2.05) is 6.07 Å². The minimum Gasteiger partial charge on any atom is -0.487 e. The quantitative estimate of drug-likeness (QED) is 0.824. The van der Waals surface area contributed by atoms with Crippen LogP contribution < -0.4 is 10.1 Å². The lowest BCUT2D eigenvalue weighted by Gasteiger charge is -2.20. The molecule has 1 aromatic rings. The van der Waals surface area contributed by atoms with Gasteiger partial charge < -0.3 is 15.2 Å². The van der Waals surface area contributed by atoms with Crippen molar-refractivity contribution in [2.75, 3.05) is 6.54 Å². The van der Waals surface area contributed by atoms with E-state index in [-0.39, 0.29) is 6.10 Å². The molecule has 108 valence electrons. The molecular formula is C16H22N2O2. The third kappa shape index (κ3) is 4.52. The van der Waals surface area contributed by atoms with Crippen LogP contribution in [0.5, 0.6) is 5.75 Å². The van der Waals surface area contributed by atoms with Crippen LogP contribution in [0.4, 0.5) is 0 Å². The fourth-order valence-corrected chi connectivity index (χ4v) is 2.19. The molecule has 1 saturated heterocycles. The molecule has 1 aliphatic rings. The number of aliphatic hydroxyl groups is 1. The van der Waals surface area contributed by atoms with Gasteiger partial charge in [0, 0.05) is 17.8 Å². The molecule has 0 radical (unpaired) electrons. The maximum Gasteiger partial charge on any atom is 0.139 e. The summed E-state index contributed by atoms with van der Waals surface area (Å²) in [5.41, 5.74) is -0.256. The average Bonchev–Trinajstić information content (AvgIpc) is 2.90. The molecule has 0 bridgehead atoms. The molecular weight excluding hydrogens is 252 g/mol. The molecule has 0 aliphatic carbocycles. The van der Waals surface area contributed by atoms with Crippen LogP contribution in [0.2, 0.25) is 0 Å². The molecule has 0 amide bonds. The number of hydrogen-bond acceptors (Lipinski definition) is 4. The lowest BCUT2D eigenvalue weighted by atomic mass is 10.1. The van der Waals surface area contributed by atoms with E-state index in [1.165, 1.54) is 6.42 Å². The summed E-state index contributed by atoms with van der Waals surface area (Å²) in [4.78, 5) is 4.14. The summed E-state index contributed by atoms with van der Waals surface area (Å²) in [5, 5.41) is 13.0. The Hall–Kier alpha value is -1.57. The third-order valence-electron chi connectivity index (χ3n) is 3.21. The number of ether oxygens (including phenoxy) is 1. The van der Waals surface area contributed by atoms with E-state index >= 15 is 0 Å². The zero-order valence-electron chi connectivity index (χ0n) is 12.3. The number of nitrogens with zero attached hydrogens (tertiary/aromatic N) is 1. The molecule has 2 atom stereocenters. The van der Waals surface area contributed by atoms with Gasteiger partial charge in [-0.2, -0.15) is 0 Å². The fourth-order valence-electron chi connectivity index (χ4n) is 2.19. The summed E-state index contributed by atoms with van der Waals surface area (Å²) in [5.74, 6) is 6.40. The molecule has 1 aliphatic heterocycles. The summed E-state index contributed by atoms with van der Waals surface area (Å²) in [7, 11) is 0. The fraction of sp³-hybridized carbons (Fsp3) is 0.562. The van der Waals surface area contributed by atoms with E-state index in [1.54, 1.807) is 26.2 Å². The maximum atomic E-state index is 9.60. The van der Waals surface area contributed by atoms with E-state index < -0.39 is 5.60 Å². The molecule has 0 aromatic carbocycles. The zero-order valence-corrected chi connectivity index (χ0v) is 12.3. The highest BCUT2D eigenvalue weighted by atomic mass is 16.5. The van der Waals surface area contributed by atoms with Crippen molar-refractivity contribution >= 4 is 0 Å². The Labute approximate surface area is 120 Å². The Morgan fingerprint density at radius 1 is 1.50 bits per heavy atom. The van der Waals surface area contributed by atoms with Gasteiger partial charge in [-0.05, 0) is 46.2 Å². The van der Waals surface area contributed by atoms with Gasteiger partial charge in [0.05, 0.1) is 6.20 Å². The minimum atomic E-state index is -1.00. The Balaban J connectivity index is 2.03. The highest BCUT2D eigenvalue weighted by Crippen LogP contribution is 2.17. The minimum absolute atomic E-state index is 0.108. The molecule has 2 rings (SSSR count). The summed E-state index contributed by atoms with van der Waals surface area (Å²) in [6.07, 6.45) is 5.82. The molecule has 0 spiro atoms. The monoisotopic (exact) mass is 274 g/mol. The summed E-state index contributed by atoms with van der Waals surface area (Å²) >= 11 is 0. The number of hydrogen-bond donors (Lipinski definition) is 2. The Morgan fingerprint density at radius 3 is 2.95 bits per heavy atom. The van der Waals surface area contributed by atoms with Gasteiger partial charge in [-0.1, -0.05) is 11.8 Å². The van der Waals surface area contributed by atoms with E-state index in [2.05, 4.69) is 29.1 Å². The molecule has 20 heavy (non-hydrogen) atoms. The Bertz CT molecular complexity index is 505. The van der Waals surface area contributed by atoms with Crippen molar-refractivity contribution in [3.05, 3.63) is 24.0 Å². The standard InChI is InChI=1S/C16H22N2O2/c1-12(15-5-4-8-18-15)20-14-9-13(10-17-11-14)6-7-16(2,3)19/h9-12,15,18-19H,4-5,8H2,1-3H3. The van der Waals surface area contributed by atoms with Crippen molar-refractivity contribution < 1.29 is 9.84 Å². The molecule has 4 nitrogen and oxygen atoms in total. The van der Waals surface area contributed by atoms with Gasteiger partial charge in [-0.15, -0.1) is 0 Å². The second kappa shape index (κ2) is 6.25. The largest absolute Gasteiger partial charge is 0.487 e. The van der Waals surface area contributed by atoms with E-state index in [0.29, 0.717) is 11.8 Å². The molecule has 2 unspecified atom stereocenters. The van der Waals surface area contributed by atoms with Crippen LogP contribution in [0.25, 0.3) is 0 Å². The summed E-state index contributed by atoms with van der Waals surface area (Å²) in [6.45, 7) is 6.44.